The molecule has 0 aliphatic carbocycles. The second-order valence-corrected chi connectivity index (χ2v) is 6.17. The summed E-state index contributed by atoms with van der Waals surface area (Å²) in [6.07, 6.45) is 3.77. The highest BCUT2D eigenvalue weighted by molar-refractivity contribution is 5.49. The van der Waals surface area contributed by atoms with Crippen molar-refractivity contribution in [1.82, 2.24) is 5.32 Å². The van der Waals surface area contributed by atoms with E-state index < -0.39 is 0 Å². The Morgan fingerprint density at radius 3 is 1.68 bits per heavy atom. The van der Waals surface area contributed by atoms with Crippen LogP contribution in [0, 0.1) is 34.6 Å². The SMILES string of the molecule is Cc1c(C)c(C)c(CCCCNC(C)C)c(C)c1C. The maximum atomic E-state index is 3.49. The minimum atomic E-state index is 0.604. The second kappa shape index (κ2) is 7.09. The first kappa shape index (κ1) is 16.2. The zero-order valence-electron chi connectivity index (χ0n) is 13.9. The molecular weight excluding hydrogens is 230 g/mol. The van der Waals surface area contributed by atoms with Gasteiger partial charge >= 0.3 is 0 Å². The molecule has 0 bridgehead atoms. The van der Waals surface area contributed by atoms with Crippen LogP contribution in [0.15, 0.2) is 0 Å². The van der Waals surface area contributed by atoms with Crippen LogP contribution in [-0.2, 0) is 6.42 Å². The molecule has 1 aromatic rings. The van der Waals surface area contributed by atoms with Crippen molar-refractivity contribution in [3.8, 4) is 0 Å². The van der Waals surface area contributed by atoms with Crippen LogP contribution in [0.5, 0.6) is 0 Å². The lowest BCUT2D eigenvalue weighted by Crippen LogP contribution is -2.23. The largest absolute Gasteiger partial charge is 0.315 e. The Bertz CT molecular complexity index is 401. The fourth-order valence-corrected chi connectivity index (χ4v) is 2.77. The van der Waals surface area contributed by atoms with Gasteiger partial charge in [-0.05, 0) is 93.8 Å². The van der Waals surface area contributed by atoms with E-state index in [9.17, 15) is 0 Å². The van der Waals surface area contributed by atoms with Crippen molar-refractivity contribution in [2.24, 2.45) is 0 Å². The summed E-state index contributed by atoms with van der Waals surface area (Å²) in [7, 11) is 0. The van der Waals surface area contributed by atoms with E-state index in [1.807, 2.05) is 0 Å². The summed E-state index contributed by atoms with van der Waals surface area (Å²) in [5.41, 5.74) is 9.05. The Morgan fingerprint density at radius 2 is 1.21 bits per heavy atom. The molecule has 0 radical (unpaired) electrons. The van der Waals surface area contributed by atoms with Gasteiger partial charge in [-0.2, -0.15) is 0 Å². The highest BCUT2D eigenvalue weighted by Crippen LogP contribution is 2.27. The number of benzene rings is 1. The normalized spacial score (nSPS) is 11.4. The zero-order valence-corrected chi connectivity index (χ0v) is 13.9. The van der Waals surface area contributed by atoms with Gasteiger partial charge in [0.05, 0.1) is 0 Å². The van der Waals surface area contributed by atoms with Crippen LogP contribution >= 0.6 is 0 Å². The summed E-state index contributed by atoms with van der Waals surface area (Å²) in [4.78, 5) is 0. The molecule has 0 saturated carbocycles. The van der Waals surface area contributed by atoms with E-state index in [1.54, 1.807) is 5.56 Å². The lowest BCUT2D eigenvalue weighted by atomic mass is 9.87. The molecule has 0 aliphatic rings. The number of nitrogens with one attached hydrogen (secondary N) is 1. The lowest BCUT2D eigenvalue weighted by molar-refractivity contribution is 0.557. The van der Waals surface area contributed by atoms with Gasteiger partial charge in [-0.1, -0.05) is 13.8 Å². The quantitative estimate of drug-likeness (QED) is 0.741. The molecule has 1 rings (SSSR count). The molecule has 1 heteroatoms. The first-order valence-corrected chi connectivity index (χ1v) is 7.65. The predicted octanol–water partition coefficient (Wildman–Crippen LogP) is 4.55. The van der Waals surface area contributed by atoms with Crippen LogP contribution in [0.25, 0.3) is 0 Å². The topological polar surface area (TPSA) is 12.0 Å². The van der Waals surface area contributed by atoms with Crippen LogP contribution in [0.4, 0.5) is 0 Å². The molecule has 0 aliphatic heterocycles. The average Bonchev–Trinajstić information content (AvgIpc) is 2.37. The Balaban J connectivity index is 2.69. The fourth-order valence-electron chi connectivity index (χ4n) is 2.77. The van der Waals surface area contributed by atoms with Gasteiger partial charge in [0.1, 0.15) is 0 Å². The number of unbranched alkanes of at least 4 members (excludes halogenated alkanes) is 1. The van der Waals surface area contributed by atoms with E-state index in [-0.39, 0.29) is 0 Å². The molecule has 0 saturated heterocycles. The lowest BCUT2D eigenvalue weighted by Gasteiger charge is -2.18. The van der Waals surface area contributed by atoms with E-state index in [2.05, 4.69) is 53.8 Å². The third-order valence-electron chi connectivity index (χ3n) is 4.56. The Labute approximate surface area is 119 Å². The summed E-state index contributed by atoms with van der Waals surface area (Å²) in [5.74, 6) is 0. The van der Waals surface area contributed by atoms with Crippen LogP contribution in [0.1, 0.15) is 60.1 Å². The van der Waals surface area contributed by atoms with Gasteiger partial charge in [0.25, 0.3) is 0 Å². The monoisotopic (exact) mass is 261 g/mol. The molecular formula is C18H31N. The van der Waals surface area contributed by atoms with E-state index in [0.29, 0.717) is 6.04 Å². The van der Waals surface area contributed by atoms with Gasteiger partial charge in [-0.3, -0.25) is 0 Å². The third-order valence-corrected chi connectivity index (χ3v) is 4.56. The summed E-state index contributed by atoms with van der Waals surface area (Å²) in [6.45, 7) is 16.9. The zero-order chi connectivity index (χ0) is 14.6. The maximum absolute atomic E-state index is 3.49. The number of hydrogen-bond acceptors (Lipinski definition) is 1. The molecule has 0 aromatic heterocycles. The average molecular weight is 261 g/mol. The van der Waals surface area contributed by atoms with Gasteiger partial charge in [0.15, 0.2) is 0 Å². The molecule has 108 valence electrons. The van der Waals surface area contributed by atoms with Gasteiger partial charge < -0.3 is 5.32 Å². The summed E-state index contributed by atoms with van der Waals surface area (Å²) in [6, 6.07) is 0.604. The molecule has 0 amide bonds. The molecule has 0 spiro atoms. The van der Waals surface area contributed by atoms with Crippen molar-refractivity contribution in [3.63, 3.8) is 0 Å². The summed E-state index contributed by atoms with van der Waals surface area (Å²) >= 11 is 0. The van der Waals surface area contributed by atoms with E-state index in [1.165, 1.54) is 47.1 Å². The maximum Gasteiger partial charge on any atom is 0.00103 e. The molecule has 0 unspecified atom stereocenters. The van der Waals surface area contributed by atoms with Crippen molar-refractivity contribution in [2.45, 2.75) is 73.8 Å². The van der Waals surface area contributed by atoms with Crippen molar-refractivity contribution >= 4 is 0 Å². The smallest absolute Gasteiger partial charge is 0.00103 e. The van der Waals surface area contributed by atoms with Gasteiger partial charge in [-0.15, -0.1) is 0 Å². The van der Waals surface area contributed by atoms with Crippen molar-refractivity contribution in [2.75, 3.05) is 6.54 Å². The molecule has 0 fully saturated rings. The Morgan fingerprint density at radius 1 is 0.737 bits per heavy atom. The molecule has 1 N–H and O–H groups in total. The molecule has 0 heterocycles. The van der Waals surface area contributed by atoms with Crippen molar-refractivity contribution in [3.05, 3.63) is 33.4 Å². The van der Waals surface area contributed by atoms with Gasteiger partial charge in [0, 0.05) is 6.04 Å². The number of rotatable bonds is 6. The van der Waals surface area contributed by atoms with Crippen LogP contribution in [-0.4, -0.2) is 12.6 Å². The standard InChI is InChI=1S/C18H31N/c1-12(2)19-11-9-8-10-18-16(6)14(4)13(3)15(5)17(18)7/h12,19H,8-11H2,1-7H3. The van der Waals surface area contributed by atoms with Crippen LogP contribution in [0.3, 0.4) is 0 Å². The molecule has 0 atom stereocenters. The van der Waals surface area contributed by atoms with Crippen LogP contribution < -0.4 is 5.32 Å². The minimum Gasteiger partial charge on any atom is -0.315 e. The minimum absolute atomic E-state index is 0.604. The third kappa shape index (κ3) is 4.07. The first-order chi connectivity index (χ1) is 8.86. The molecule has 1 nitrogen and oxygen atoms in total. The Hall–Kier alpha value is -0.820. The molecule has 19 heavy (non-hydrogen) atoms. The molecule has 1 aromatic carbocycles. The highest BCUT2D eigenvalue weighted by atomic mass is 14.9. The van der Waals surface area contributed by atoms with E-state index in [0.717, 1.165) is 6.54 Å². The highest BCUT2D eigenvalue weighted by Gasteiger charge is 2.11. The second-order valence-electron chi connectivity index (χ2n) is 6.17. The Kier molecular flexibility index (Phi) is 6.06. The number of hydrogen-bond donors (Lipinski definition) is 1. The van der Waals surface area contributed by atoms with Crippen LogP contribution in [0.2, 0.25) is 0 Å². The van der Waals surface area contributed by atoms with Crippen molar-refractivity contribution in [1.29, 1.82) is 0 Å². The first-order valence-electron chi connectivity index (χ1n) is 7.65. The van der Waals surface area contributed by atoms with Gasteiger partial charge in [-0.25, -0.2) is 0 Å². The summed E-state index contributed by atoms with van der Waals surface area (Å²) in [5, 5.41) is 3.49. The predicted molar refractivity (Wildman–Crippen MR) is 86.2 cm³/mol. The summed E-state index contributed by atoms with van der Waals surface area (Å²) < 4.78 is 0. The van der Waals surface area contributed by atoms with E-state index >= 15 is 0 Å². The van der Waals surface area contributed by atoms with Crippen molar-refractivity contribution < 1.29 is 0 Å². The van der Waals surface area contributed by atoms with Gasteiger partial charge in [0.2, 0.25) is 0 Å². The fraction of sp³-hybridized carbons (Fsp3) is 0.667. The van der Waals surface area contributed by atoms with E-state index in [4.69, 9.17) is 0 Å².